The highest BCUT2D eigenvalue weighted by Crippen LogP contribution is 2.34. The molecule has 0 aliphatic rings. The van der Waals surface area contributed by atoms with Crippen LogP contribution in [0.5, 0.6) is 0 Å². The predicted molar refractivity (Wildman–Crippen MR) is 99.2 cm³/mol. The van der Waals surface area contributed by atoms with Crippen molar-refractivity contribution < 1.29 is 4.42 Å². The maximum absolute atomic E-state index is 6.19. The largest absolute Gasteiger partial charge is 0.435 e. The van der Waals surface area contributed by atoms with Crippen LogP contribution in [0.15, 0.2) is 77.2 Å². The minimum Gasteiger partial charge on any atom is -0.435 e. The van der Waals surface area contributed by atoms with Gasteiger partial charge in [-0.15, -0.1) is 0 Å². The molecule has 0 fully saturated rings. The number of nitrogens with zero attached hydrogens (tertiary/aromatic N) is 1. The van der Waals surface area contributed by atoms with E-state index in [4.69, 9.17) is 9.40 Å². The van der Waals surface area contributed by atoms with Crippen molar-refractivity contribution in [2.75, 3.05) is 0 Å². The Morgan fingerprint density at radius 3 is 2.46 bits per heavy atom. The predicted octanol–water partition coefficient (Wildman–Crippen LogP) is 6.11. The maximum Gasteiger partial charge on any atom is 0.227 e. The highest BCUT2D eigenvalue weighted by molar-refractivity contribution is 6.18. The fraction of sp³-hybridized carbons (Fsp3) is 0.0455. The molecule has 0 radical (unpaired) electrons. The zero-order chi connectivity index (χ0) is 16.1. The SMILES string of the molecule is Cc1ccc2c(ccc3ccc4nc(-c5ccccc5)oc4c32)c1. The molecule has 2 nitrogen and oxygen atoms in total. The topological polar surface area (TPSA) is 26.0 Å². The van der Waals surface area contributed by atoms with Gasteiger partial charge in [-0.05, 0) is 41.3 Å². The summed E-state index contributed by atoms with van der Waals surface area (Å²) < 4.78 is 6.19. The van der Waals surface area contributed by atoms with Gasteiger partial charge in [0, 0.05) is 10.9 Å². The van der Waals surface area contributed by atoms with E-state index in [-0.39, 0.29) is 0 Å². The lowest BCUT2D eigenvalue weighted by Crippen LogP contribution is -1.80. The Morgan fingerprint density at radius 1 is 0.792 bits per heavy atom. The zero-order valence-corrected chi connectivity index (χ0v) is 13.3. The van der Waals surface area contributed by atoms with Crippen molar-refractivity contribution in [2.24, 2.45) is 0 Å². The summed E-state index contributed by atoms with van der Waals surface area (Å²) in [5.41, 5.74) is 4.02. The average Bonchev–Trinajstić information content (AvgIpc) is 3.06. The summed E-state index contributed by atoms with van der Waals surface area (Å²) in [5, 5.41) is 4.75. The summed E-state index contributed by atoms with van der Waals surface area (Å²) in [6, 6.07) is 25.1. The number of benzene rings is 4. The first kappa shape index (κ1) is 13.3. The summed E-state index contributed by atoms with van der Waals surface area (Å²) >= 11 is 0. The number of oxazole rings is 1. The van der Waals surface area contributed by atoms with E-state index in [0.29, 0.717) is 5.89 Å². The van der Waals surface area contributed by atoms with Crippen LogP contribution >= 0.6 is 0 Å². The normalized spacial score (nSPS) is 11.5. The Bertz CT molecular complexity index is 1200. The third-order valence-corrected chi connectivity index (χ3v) is 4.53. The van der Waals surface area contributed by atoms with Crippen molar-refractivity contribution in [3.63, 3.8) is 0 Å². The molecule has 0 atom stereocenters. The van der Waals surface area contributed by atoms with E-state index in [1.807, 2.05) is 36.4 Å². The zero-order valence-electron chi connectivity index (χ0n) is 13.3. The smallest absolute Gasteiger partial charge is 0.227 e. The second kappa shape index (κ2) is 4.93. The Hall–Kier alpha value is -3.13. The van der Waals surface area contributed by atoms with E-state index in [1.165, 1.54) is 21.7 Å². The molecule has 0 aliphatic heterocycles. The summed E-state index contributed by atoms with van der Waals surface area (Å²) in [6.07, 6.45) is 0. The van der Waals surface area contributed by atoms with Crippen LogP contribution in [0, 0.1) is 6.92 Å². The number of hydrogen-bond acceptors (Lipinski definition) is 2. The van der Waals surface area contributed by atoms with Gasteiger partial charge in [0.05, 0.1) is 0 Å². The number of aryl methyl sites for hydroxylation is 1. The molecule has 2 heteroatoms. The molecule has 0 saturated heterocycles. The van der Waals surface area contributed by atoms with Crippen molar-refractivity contribution in [3.8, 4) is 11.5 Å². The average molecular weight is 309 g/mol. The molecule has 0 unspecified atom stereocenters. The summed E-state index contributed by atoms with van der Waals surface area (Å²) in [7, 11) is 0. The first-order valence-corrected chi connectivity index (χ1v) is 8.08. The van der Waals surface area contributed by atoms with Crippen LogP contribution in [0.1, 0.15) is 5.56 Å². The molecule has 0 bridgehead atoms. The molecule has 1 heterocycles. The molecule has 0 saturated carbocycles. The fourth-order valence-corrected chi connectivity index (χ4v) is 3.36. The van der Waals surface area contributed by atoms with Crippen molar-refractivity contribution in [1.29, 1.82) is 0 Å². The summed E-state index contributed by atoms with van der Waals surface area (Å²) in [6.45, 7) is 2.12. The fourth-order valence-electron chi connectivity index (χ4n) is 3.36. The van der Waals surface area contributed by atoms with Crippen molar-refractivity contribution in [3.05, 3.63) is 78.4 Å². The van der Waals surface area contributed by atoms with Crippen LogP contribution in [0.2, 0.25) is 0 Å². The van der Waals surface area contributed by atoms with Gasteiger partial charge in [0.1, 0.15) is 5.52 Å². The van der Waals surface area contributed by atoms with Crippen LogP contribution in [-0.4, -0.2) is 4.98 Å². The Labute approximate surface area is 139 Å². The lowest BCUT2D eigenvalue weighted by molar-refractivity contribution is 0.623. The van der Waals surface area contributed by atoms with E-state index in [9.17, 15) is 0 Å². The molecule has 24 heavy (non-hydrogen) atoms. The molecule has 1 aromatic heterocycles. The van der Waals surface area contributed by atoms with E-state index in [0.717, 1.165) is 22.0 Å². The molecule has 0 N–H and O–H groups in total. The van der Waals surface area contributed by atoms with Gasteiger partial charge in [-0.2, -0.15) is 0 Å². The first-order chi connectivity index (χ1) is 11.8. The Morgan fingerprint density at radius 2 is 1.58 bits per heavy atom. The Balaban J connectivity index is 1.90. The van der Waals surface area contributed by atoms with E-state index in [1.54, 1.807) is 0 Å². The van der Waals surface area contributed by atoms with Crippen LogP contribution < -0.4 is 0 Å². The van der Waals surface area contributed by atoms with E-state index in [2.05, 4.69) is 43.3 Å². The van der Waals surface area contributed by atoms with Gasteiger partial charge in [-0.25, -0.2) is 4.98 Å². The highest BCUT2D eigenvalue weighted by atomic mass is 16.3. The quantitative estimate of drug-likeness (QED) is 0.349. The molecule has 0 amide bonds. The molecular weight excluding hydrogens is 294 g/mol. The number of fused-ring (bicyclic) bond motifs is 5. The minimum atomic E-state index is 0.669. The van der Waals surface area contributed by atoms with Crippen LogP contribution in [0.25, 0.3) is 44.1 Å². The van der Waals surface area contributed by atoms with Gasteiger partial charge < -0.3 is 4.42 Å². The van der Waals surface area contributed by atoms with Gasteiger partial charge in [0.2, 0.25) is 5.89 Å². The molecule has 0 spiro atoms. The molecular formula is C22H15NO. The molecule has 5 rings (SSSR count). The Kier molecular flexibility index (Phi) is 2.74. The van der Waals surface area contributed by atoms with Crippen LogP contribution in [-0.2, 0) is 0 Å². The first-order valence-electron chi connectivity index (χ1n) is 8.08. The monoisotopic (exact) mass is 309 g/mol. The van der Waals surface area contributed by atoms with Crippen molar-refractivity contribution >= 4 is 32.6 Å². The van der Waals surface area contributed by atoms with Gasteiger partial charge in [0.15, 0.2) is 5.58 Å². The van der Waals surface area contributed by atoms with Crippen LogP contribution in [0.3, 0.4) is 0 Å². The standard InChI is InChI=1S/C22H15NO/c1-14-7-11-18-17(13-14)9-8-15-10-12-19-21(20(15)18)24-22(23-19)16-5-3-2-4-6-16/h2-13H,1H3. The van der Waals surface area contributed by atoms with Crippen molar-refractivity contribution in [2.45, 2.75) is 6.92 Å². The van der Waals surface area contributed by atoms with E-state index < -0.39 is 0 Å². The number of hydrogen-bond donors (Lipinski definition) is 0. The van der Waals surface area contributed by atoms with Crippen molar-refractivity contribution in [1.82, 2.24) is 4.98 Å². The number of aromatic nitrogens is 1. The van der Waals surface area contributed by atoms with E-state index >= 15 is 0 Å². The third kappa shape index (κ3) is 1.93. The second-order valence-electron chi connectivity index (χ2n) is 6.19. The van der Waals surface area contributed by atoms with Gasteiger partial charge in [-0.3, -0.25) is 0 Å². The van der Waals surface area contributed by atoms with Crippen LogP contribution in [0.4, 0.5) is 0 Å². The van der Waals surface area contributed by atoms with Gasteiger partial charge >= 0.3 is 0 Å². The number of rotatable bonds is 1. The maximum atomic E-state index is 6.19. The molecule has 4 aromatic carbocycles. The summed E-state index contributed by atoms with van der Waals surface area (Å²) in [4.78, 5) is 4.69. The lowest BCUT2D eigenvalue weighted by Gasteiger charge is -2.05. The molecule has 114 valence electrons. The molecule has 5 aromatic rings. The lowest BCUT2D eigenvalue weighted by atomic mass is 10.00. The van der Waals surface area contributed by atoms with Gasteiger partial charge in [-0.1, -0.05) is 60.2 Å². The van der Waals surface area contributed by atoms with Gasteiger partial charge in [0.25, 0.3) is 0 Å². The minimum absolute atomic E-state index is 0.669. The third-order valence-electron chi connectivity index (χ3n) is 4.53. The molecule has 0 aliphatic carbocycles. The summed E-state index contributed by atoms with van der Waals surface area (Å²) in [5.74, 6) is 0.669. The second-order valence-corrected chi connectivity index (χ2v) is 6.19. The highest BCUT2D eigenvalue weighted by Gasteiger charge is 2.13.